The van der Waals surface area contributed by atoms with Gasteiger partial charge in [-0.15, -0.1) is 0 Å². The van der Waals surface area contributed by atoms with Crippen molar-refractivity contribution < 1.29 is 4.79 Å². The Bertz CT molecular complexity index is 409. The number of nitrogens with zero attached hydrogens (tertiary/aromatic N) is 1. The third-order valence-corrected chi connectivity index (χ3v) is 2.80. The normalized spacial score (nSPS) is 12.0. The monoisotopic (exact) mass is 269 g/mol. The van der Waals surface area contributed by atoms with Crippen LogP contribution in [0.4, 0.5) is 5.82 Å². The maximum Gasteiger partial charge on any atom is 0.251 e. The second-order valence-corrected chi connectivity index (χ2v) is 4.66. The number of halogens is 1. The Hall–Kier alpha value is -1.29. The summed E-state index contributed by atoms with van der Waals surface area (Å²) in [5.74, 6) is 0.520. The highest BCUT2D eigenvalue weighted by Gasteiger charge is 2.11. The van der Waals surface area contributed by atoms with Crippen molar-refractivity contribution in [2.75, 3.05) is 11.9 Å². The number of hydrogen-bond donors (Lipinski definition) is 2. The zero-order valence-electron chi connectivity index (χ0n) is 11.1. The van der Waals surface area contributed by atoms with Crippen molar-refractivity contribution in [3.05, 3.63) is 22.8 Å². The van der Waals surface area contributed by atoms with Gasteiger partial charge in [-0.05, 0) is 31.9 Å². The summed E-state index contributed by atoms with van der Waals surface area (Å²) in [4.78, 5) is 16.1. The van der Waals surface area contributed by atoms with Gasteiger partial charge < -0.3 is 10.6 Å². The van der Waals surface area contributed by atoms with Crippen LogP contribution in [-0.2, 0) is 0 Å². The molecule has 1 aromatic heterocycles. The minimum atomic E-state index is -0.117. The molecule has 1 amide bonds. The molecule has 5 heteroatoms. The van der Waals surface area contributed by atoms with Gasteiger partial charge in [0.05, 0.1) is 0 Å². The molecule has 0 bridgehead atoms. The summed E-state index contributed by atoms with van der Waals surface area (Å²) in [6.07, 6.45) is 1.88. The van der Waals surface area contributed by atoms with Crippen LogP contribution in [0.25, 0.3) is 0 Å². The van der Waals surface area contributed by atoms with Crippen LogP contribution in [0, 0.1) is 0 Å². The smallest absolute Gasteiger partial charge is 0.251 e. The Morgan fingerprint density at radius 1 is 1.44 bits per heavy atom. The van der Waals surface area contributed by atoms with E-state index in [0.717, 1.165) is 19.4 Å². The van der Waals surface area contributed by atoms with Crippen LogP contribution >= 0.6 is 11.6 Å². The van der Waals surface area contributed by atoms with Crippen molar-refractivity contribution in [3.63, 3.8) is 0 Å². The van der Waals surface area contributed by atoms with Crippen LogP contribution < -0.4 is 10.6 Å². The lowest BCUT2D eigenvalue weighted by atomic mass is 10.2. The molecule has 0 radical (unpaired) electrons. The van der Waals surface area contributed by atoms with Gasteiger partial charge in [0.1, 0.15) is 11.0 Å². The summed E-state index contributed by atoms with van der Waals surface area (Å²) in [6.45, 7) is 6.86. The van der Waals surface area contributed by atoms with Gasteiger partial charge in [-0.3, -0.25) is 4.79 Å². The van der Waals surface area contributed by atoms with E-state index in [2.05, 4.69) is 22.5 Å². The van der Waals surface area contributed by atoms with Crippen molar-refractivity contribution in [2.45, 2.75) is 39.7 Å². The molecule has 1 rings (SSSR count). The lowest BCUT2D eigenvalue weighted by Crippen LogP contribution is -2.32. The Balaban J connectivity index is 2.81. The Morgan fingerprint density at radius 3 is 2.78 bits per heavy atom. The van der Waals surface area contributed by atoms with E-state index in [-0.39, 0.29) is 11.9 Å². The molecule has 1 heterocycles. The SMILES string of the molecule is CCCNc1cc(C(=O)NC(C)CC)cc(Cl)n1. The Morgan fingerprint density at radius 2 is 2.17 bits per heavy atom. The highest BCUT2D eigenvalue weighted by atomic mass is 35.5. The zero-order chi connectivity index (χ0) is 13.5. The number of aromatic nitrogens is 1. The van der Waals surface area contributed by atoms with Gasteiger partial charge >= 0.3 is 0 Å². The summed E-state index contributed by atoms with van der Waals surface area (Å²) in [5, 5.41) is 6.35. The van der Waals surface area contributed by atoms with E-state index in [9.17, 15) is 4.79 Å². The molecule has 0 aliphatic heterocycles. The first kappa shape index (κ1) is 14.8. The third-order valence-electron chi connectivity index (χ3n) is 2.60. The van der Waals surface area contributed by atoms with Crippen LogP contribution in [0.15, 0.2) is 12.1 Å². The van der Waals surface area contributed by atoms with Gasteiger partial charge in [0.15, 0.2) is 0 Å². The van der Waals surface area contributed by atoms with Crippen molar-refractivity contribution in [2.24, 2.45) is 0 Å². The molecular weight excluding hydrogens is 250 g/mol. The summed E-state index contributed by atoms with van der Waals surface area (Å²) < 4.78 is 0. The molecule has 4 nitrogen and oxygen atoms in total. The van der Waals surface area contributed by atoms with Crippen LogP contribution in [0.5, 0.6) is 0 Å². The minimum absolute atomic E-state index is 0.117. The molecule has 0 aliphatic rings. The highest BCUT2D eigenvalue weighted by Crippen LogP contribution is 2.14. The maximum atomic E-state index is 12.0. The number of hydrogen-bond acceptors (Lipinski definition) is 3. The molecule has 0 saturated heterocycles. The molecule has 0 spiro atoms. The van der Waals surface area contributed by atoms with Crippen molar-refractivity contribution >= 4 is 23.3 Å². The topological polar surface area (TPSA) is 54.0 Å². The molecule has 0 fully saturated rings. The van der Waals surface area contributed by atoms with Crippen LogP contribution in [0.1, 0.15) is 44.0 Å². The van der Waals surface area contributed by atoms with Gasteiger partial charge in [-0.1, -0.05) is 25.4 Å². The first-order valence-corrected chi connectivity index (χ1v) is 6.67. The molecule has 1 aromatic rings. The number of carbonyl (C=O) groups is 1. The first-order chi connectivity index (χ1) is 8.56. The van der Waals surface area contributed by atoms with Crippen molar-refractivity contribution in [3.8, 4) is 0 Å². The standard InChI is InChI=1S/C13H20ClN3O/c1-4-6-15-12-8-10(7-11(14)17-12)13(18)16-9(3)5-2/h7-9H,4-6H2,1-3H3,(H,15,17)(H,16,18). The Kier molecular flexibility index (Phi) is 5.92. The fourth-order valence-corrected chi connectivity index (χ4v) is 1.59. The molecular formula is C13H20ClN3O. The summed E-state index contributed by atoms with van der Waals surface area (Å²) in [5.41, 5.74) is 0.536. The summed E-state index contributed by atoms with van der Waals surface area (Å²) in [6, 6.07) is 3.45. The van der Waals surface area contributed by atoms with Gasteiger partial charge in [-0.2, -0.15) is 0 Å². The fourth-order valence-electron chi connectivity index (χ4n) is 1.38. The Labute approximate surface area is 113 Å². The second-order valence-electron chi connectivity index (χ2n) is 4.27. The average molecular weight is 270 g/mol. The quantitative estimate of drug-likeness (QED) is 0.781. The van der Waals surface area contributed by atoms with Gasteiger partial charge in [0, 0.05) is 18.2 Å². The summed E-state index contributed by atoms with van der Waals surface area (Å²) >= 11 is 5.91. The molecule has 18 heavy (non-hydrogen) atoms. The largest absolute Gasteiger partial charge is 0.370 e. The number of nitrogens with one attached hydrogen (secondary N) is 2. The van der Waals surface area contributed by atoms with E-state index in [0.29, 0.717) is 16.5 Å². The van der Waals surface area contributed by atoms with E-state index in [1.165, 1.54) is 0 Å². The van der Waals surface area contributed by atoms with Crippen LogP contribution in [0.3, 0.4) is 0 Å². The number of anilines is 1. The molecule has 0 saturated carbocycles. The second kappa shape index (κ2) is 7.21. The highest BCUT2D eigenvalue weighted by molar-refractivity contribution is 6.29. The maximum absolute atomic E-state index is 12.0. The molecule has 1 unspecified atom stereocenters. The lowest BCUT2D eigenvalue weighted by molar-refractivity contribution is 0.0939. The fraction of sp³-hybridized carbons (Fsp3) is 0.538. The lowest BCUT2D eigenvalue weighted by Gasteiger charge is -2.12. The van der Waals surface area contributed by atoms with E-state index in [1.807, 2.05) is 13.8 Å². The number of rotatable bonds is 6. The molecule has 0 aromatic carbocycles. The van der Waals surface area contributed by atoms with Gasteiger partial charge in [0.2, 0.25) is 0 Å². The molecule has 2 N–H and O–H groups in total. The van der Waals surface area contributed by atoms with Crippen molar-refractivity contribution in [1.82, 2.24) is 10.3 Å². The number of pyridine rings is 1. The third kappa shape index (κ3) is 4.53. The van der Waals surface area contributed by atoms with E-state index in [4.69, 9.17) is 11.6 Å². The number of carbonyl (C=O) groups excluding carboxylic acids is 1. The van der Waals surface area contributed by atoms with Gasteiger partial charge in [0.25, 0.3) is 5.91 Å². The first-order valence-electron chi connectivity index (χ1n) is 6.29. The van der Waals surface area contributed by atoms with Crippen LogP contribution in [0.2, 0.25) is 5.15 Å². The van der Waals surface area contributed by atoms with Crippen molar-refractivity contribution in [1.29, 1.82) is 0 Å². The number of amides is 1. The minimum Gasteiger partial charge on any atom is -0.370 e. The molecule has 0 aliphatic carbocycles. The van der Waals surface area contributed by atoms with Crippen LogP contribution in [-0.4, -0.2) is 23.5 Å². The predicted octanol–water partition coefficient (Wildman–Crippen LogP) is 3.09. The molecule has 100 valence electrons. The van der Waals surface area contributed by atoms with Gasteiger partial charge in [-0.25, -0.2) is 4.98 Å². The van der Waals surface area contributed by atoms with E-state index in [1.54, 1.807) is 12.1 Å². The average Bonchev–Trinajstić information content (AvgIpc) is 2.35. The predicted molar refractivity (Wildman–Crippen MR) is 75.2 cm³/mol. The zero-order valence-corrected chi connectivity index (χ0v) is 11.8. The summed E-state index contributed by atoms with van der Waals surface area (Å²) in [7, 11) is 0. The van der Waals surface area contributed by atoms with E-state index < -0.39 is 0 Å². The van der Waals surface area contributed by atoms with E-state index >= 15 is 0 Å². The molecule has 1 atom stereocenters.